The Morgan fingerprint density at radius 3 is 1.57 bits per heavy atom. The van der Waals surface area contributed by atoms with Gasteiger partial charge in [-0.15, -0.1) is 0 Å². The smallest absolute Gasteiger partial charge is 0.227 e. The second-order valence-electron chi connectivity index (χ2n) is 17.2. The summed E-state index contributed by atoms with van der Waals surface area (Å²) in [6.07, 6.45) is 0. The minimum Gasteiger partial charge on any atom is -0.435 e. The third-order valence-electron chi connectivity index (χ3n) is 13.2. The molecule has 0 aliphatic heterocycles. The molecule has 2 aliphatic carbocycles. The van der Waals surface area contributed by atoms with E-state index in [0.717, 1.165) is 44.5 Å². The van der Waals surface area contributed by atoms with Crippen molar-refractivity contribution in [2.75, 3.05) is 4.90 Å². The van der Waals surface area contributed by atoms with E-state index in [9.17, 15) is 0 Å². The molecule has 1 heterocycles. The van der Waals surface area contributed by atoms with E-state index in [-0.39, 0.29) is 10.8 Å². The van der Waals surface area contributed by atoms with Crippen LogP contribution in [0.5, 0.6) is 0 Å². The normalized spacial score (nSPS) is 14.5. The molecule has 1 aromatic heterocycles. The summed E-state index contributed by atoms with van der Waals surface area (Å²) in [5.41, 5.74) is 16.6. The molecule has 0 amide bonds. The summed E-state index contributed by atoms with van der Waals surface area (Å²) in [6.45, 7) is 9.45. The van der Waals surface area contributed by atoms with Crippen molar-refractivity contribution in [3.05, 3.63) is 192 Å². The number of aromatic nitrogens is 1. The van der Waals surface area contributed by atoms with Crippen LogP contribution in [0.1, 0.15) is 49.9 Å². The minimum atomic E-state index is -0.120. The summed E-state index contributed by atoms with van der Waals surface area (Å²) in [6, 6.07) is 62.3. The Hall–Kier alpha value is -6.97. The molecule has 0 atom stereocenters. The van der Waals surface area contributed by atoms with Crippen LogP contribution in [0.15, 0.2) is 174 Å². The van der Waals surface area contributed by atoms with Gasteiger partial charge in [0.25, 0.3) is 0 Å². The van der Waals surface area contributed by atoms with Crippen molar-refractivity contribution in [2.24, 2.45) is 0 Å². The molecule has 0 saturated heterocycles. The van der Waals surface area contributed by atoms with Crippen LogP contribution in [0.25, 0.3) is 77.1 Å². The second-order valence-corrected chi connectivity index (χ2v) is 17.2. The Morgan fingerprint density at radius 1 is 0.431 bits per heavy atom. The molecule has 3 nitrogen and oxygen atoms in total. The third kappa shape index (κ3) is 4.59. The van der Waals surface area contributed by atoms with E-state index in [1.54, 1.807) is 0 Å². The molecule has 58 heavy (non-hydrogen) atoms. The number of benzene rings is 9. The number of hydrogen-bond donors (Lipinski definition) is 0. The van der Waals surface area contributed by atoms with Crippen LogP contribution in [0.3, 0.4) is 0 Å². The van der Waals surface area contributed by atoms with Crippen LogP contribution in [0.4, 0.5) is 17.1 Å². The zero-order valence-electron chi connectivity index (χ0n) is 33.0. The maximum atomic E-state index is 6.64. The van der Waals surface area contributed by atoms with Gasteiger partial charge in [-0.2, -0.15) is 0 Å². The van der Waals surface area contributed by atoms with Crippen molar-refractivity contribution in [3.8, 4) is 33.7 Å². The van der Waals surface area contributed by atoms with Crippen molar-refractivity contribution in [2.45, 2.75) is 38.5 Å². The SMILES string of the molecule is CC1(C)c2ccccc2-c2ccc(N(c3ccc4c(c3)C(C)(C)c3ccccc3-4)c3ccc4c(ccc5ccc6ccc7nc(-c8ccccc8)oc7c6c54)c3)cc21. The zero-order chi connectivity index (χ0) is 38.9. The van der Waals surface area contributed by atoms with Crippen molar-refractivity contribution in [3.63, 3.8) is 0 Å². The van der Waals surface area contributed by atoms with E-state index >= 15 is 0 Å². The lowest BCUT2D eigenvalue weighted by atomic mass is 9.82. The highest BCUT2D eigenvalue weighted by Crippen LogP contribution is 2.53. The molecule has 2 aliphatic rings. The summed E-state index contributed by atoms with van der Waals surface area (Å²) >= 11 is 0. The summed E-state index contributed by atoms with van der Waals surface area (Å²) in [5.74, 6) is 0.638. The number of nitrogens with zero attached hydrogens (tertiary/aromatic N) is 2. The predicted molar refractivity (Wildman–Crippen MR) is 242 cm³/mol. The van der Waals surface area contributed by atoms with Crippen LogP contribution < -0.4 is 4.90 Å². The third-order valence-corrected chi connectivity index (χ3v) is 13.2. The van der Waals surface area contributed by atoms with Gasteiger partial charge in [0.15, 0.2) is 5.58 Å². The summed E-state index contributed by atoms with van der Waals surface area (Å²) in [4.78, 5) is 7.41. The van der Waals surface area contributed by atoms with E-state index in [1.807, 2.05) is 18.2 Å². The fourth-order valence-corrected chi connectivity index (χ4v) is 10.3. The van der Waals surface area contributed by atoms with Gasteiger partial charge in [0.1, 0.15) is 5.52 Å². The van der Waals surface area contributed by atoms with E-state index in [2.05, 4.69) is 184 Å². The first kappa shape index (κ1) is 33.2. The van der Waals surface area contributed by atoms with Gasteiger partial charge in [-0.05, 0) is 121 Å². The van der Waals surface area contributed by atoms with Crippen LogP contribution in [0, 0.1) is 0 Å². The van der Waals surface area contributed by atoms with Gasteiger partial charge < -0.3 is 9.32 Å². The van der Waals surface area contributed by atoms with Crippen molar-refractivity contribution >= 4 is 60.5 Å². The topological polar surface area (TPSA) is 29.3 Å². The van der Waals surface area contributed by atoms with E-state index in [0.29, 0.717) is 5.89 Å². The lowest BCUT2D eigenvalue weighted by molar-refractivity contribution is 0.623. The lowest BCUT2D eigenvalue weighted by Gasteiger charge is -2.30. The number of anilines is 3. The second kappa shape index (κ2) is 11.8. The lowest BCUT2D eigenvalue weighted by Crippen LogP contribution is -2.18. The van der Waals surface area contributed by atoms with Crippen LogP contribution in [-0.2, 0) is 10.8 Å². The number of hydrogen-bond acceptors (Lipinski definition) is 3. The van der Waals surface area contributed by atoms with E-state index in [4.69, 9.17) is 9.40 Å². The van der Waals surface area contributed by atoms with E-state index in [1.165, 1.54) is 66.1 Å². The molecular weight excluding hydrogens is 705 g/mol. The minimum absolute atomic E-state index is 0.120. The number of oxazole rings is 1. The first-order valence-corrected chi connectivity index (χ1v) is 20.3. The molecule has 12 rings (SSSR count). The van der Waals surface area contributed by atoms with Gasteiger partial charge in [-0.25, -0.2) is 4.98 Å². The molecule has 0 spiro atoms. The highest BCUT2D eigenvalue weighted by Gasteiger charge is 2.37. The Morgan fingerprint density at radius 2 is 0.931 bits per heavy atom. The summed E-state index contributed by atoms with van der Waals surface area (Å²) in [5, 5.41) is 6.95. The monoisotopic (exact) mass is 744 g/mol. The Kier molecular flexibility index (Phi) is 6.74. The highest BCUT2D eigenvalue weighted by molar-refractivity contribution is 6.26. The van der Waals surface area contributed by atoms with Gasteiger partial charge in [0, 0.05) is 44.2 Å². The fraction of sp³-hybridized carbons (Fsp3) is 0.109. The largest absolute Gasteiger partial charge is 0.435 e. The fourth-order valence-electron chi connectivity index (χ4n) is 10.3. The van der Waals surface area contributed by atoms with Crippen molar-refractivity contribution < 1.29 is 4.42 Å². The molecule has 0 N–H and O–H groups in total. The van der Waals surface area contributed by atoms with Crippen molar-refractivity contribution in [1.82, 2.24) is 4.98 Å². The zero-order valence-corrected chi connectivity index (χ0v) is 33.0. The molecule has 3 heteroatoms. The molecule has 0 unspecified atom stereocenters. The van der Waals surface area contributed by atoms with Gasteiger partial charge in [-0.1, -0.05) is 143 Å². The maximum Gasteiger partial charge on any atom is 0.227 e. The average molecular weight is 745 g/mol. The Balaban J connectivity index is 1.07. The quantitative estimate of drug-likeness (QED) is 0.168. The molecule has 276 valence electrons. The highest BCUT2D eigenvalue weighted by atomic mass is 16.3. The molecule has 0 radical (unpaired) electrons. The van der Waals surface area contributed by atoms with Gasteiger partial charge in [-0.3, -0.25) is 0 Å². The molecule has 10 aromatic rings. The van der Waals surface area contributed by atoms with E-state index < -0.39 is 0 Å². The first-order chi connectivity index (χ1) is 28.3. The van der Waals surface area contributed by atoms with Gasteiger partial charge in [0.05, 0.1) is 0 Å². The van der Waals surface area contributed by atoms with Crippen LogP contribution in [0.2, 0.25) is 0 Å². The first-order valence-electron chi connectivity index (χ1n) is 20.3. The van der Waals surface area contributed by atoms with Crippen LogP contribution in [-0.4, -0.2) is 4.98 Å². The predicted octanol–water partition coefficient (Wildman–Crippen LogP) is 15.0. The summed E-state index contributed by atoms with van der Waals surface area (Å²) < 4.78 is 6.64. The standard InChI is InChI=1S/C55H40N2O/c1-54(2)45-16-10-8-14-41(45)43-27-24-38(31-47(43)54)57(39-25-28-44-42-15-9-11-17-46(42)55(3,4)48(44)32-39)37-23-26-40-36(30-37)21-20-33-18-19-34-22-29-49-52(51(34)50(33)40)58-53(56-49)35-12-6-5-7-13-35/h5-32H,1-4H3. The van der Waals surface area contributed by atoms with Crippen LogP contribution >= 0.6 is 0 Å². The number of fused-ring (bicyclic) bond motifs is 13. The molecular formula is C55H40N2O. The average Bonchev–Trinajstić information content (AvgIpc) is 3.87. The number of rotatable bonds is 4. The maximum absolute atomic E-state index is 6.64. The molecule has 9 aromatic carbocycles. The Bertz CT molecular complexity index is 3240. The summed E-state index contributed by atoms with van der Waals surface area (Å²) in [7, 11) is 0. The molecule has 0 bridgehead atoms. The van der Waals surface area contributed by atoms with Crippen molar-refractivity contribution in [1.29, 1.82) is 0 Å². The van der Waals surface area contributed by atoms with Gasteiger partial charge >= 0.3 is 0 Å². The Labute approximate surface area is 337 Å². The molecule has 0 fully saturated rings. The molecule has 0 saturated carbocycles. The van der Waals surface area contributed by atoms with Gasteiger partial charge in [0.2, 0.25) is 5.89 Å².